The Morgan fingerprint density at radius 1 is 1.21 bits per heavy atom. The van der Waals surface area contributed by atoms with E-state index < -0.39 is 15.8 Å². The molecule has 0 fully saturated rings. The number of hydrogen-bond donors (Lipinski definition) is 1. The molecule has 106 valence electrons. The average molecular weight is 281 g/mol. The molecule has 1 unspecified atom stereocenters. The third-order valence-electron chi connectivity index (χ3n) is 3.16. The van der Waals surface area contributed by atoms with Crippen molar-refractivity contribution in [1.29, 1.82) is 0 Å². The Morgan fingerprint density at radius 2 is 1.79 bits per heavy atom. The Hall–Kier alpha value is -1.13. The molecule has 0 aliphatic heterocycles. The van der Waals surface area contributed by atoms with Crippen molar-refractivity contribution in [2.45, 2.75) is 31.8 Å². The number of aliphatic hydroxyl groups excluding tert-OH is 1. The fourth-order valence-corrected chi connectivity index (χ4v) is 3.43. The lowest BCUT2D eigenvalue weighted by Crippen LogP contribution is -2.20. The van der Waals surface area contributed by atoms with Gasteiger partial charge < -0.3 is 5.11 Å². The van der Waals surface area contributed by atoms with Crippen molar-refractivity contribution >= 4 is 9.73 Å². The minimum absolute atomic E-state index is 0.0220. The standard InChI is InChI=1S/C15H23NO2S/c1-12(2)15(13(3)17)10-11-19(18,16-4)14-8-6-5-7-9-14/h5-13,15,17H,1-4H3/b11-10-/t13-,15-,19?/m0/s1. The molecule has 0 aliphatic carbocycles. The molecule has 0 saturated carbocycles. The van der Waals surface area contributed by atoms with Crippen LogP contribution in [0.5, 0.6) is 0 Å². The summed E-state index contributed by atoms with van der Waals surface area (Å²) in [4.78, 5) is 0.696. The quantitative estimate of drug-likeness (QED) is 0.900. The molecule has 0 aromatic heterocycles. The van der Waals surface area contributed by atoms with Crippen LogP contribution < -0.4 is 0 Å². The van der Waals surface area contributed by atoms with Gasteiger partial charge in [-0.25, -0.2) is 8.57 Å². The third kappa shape index (κ3) is 4.18. The maximum atomic E-state index is 12.8. The van der Waals surface area contributed by atoms with E-state index in [4.69, 9.17) is 0 Å². The molecule has 19 heavy (non-hydrogen) atoms. The van der Waals surface area contributed by atoms with Crippen LogP contribution in [-0.4, -0.2) is 22.5 Å². The highest BCUT2D eigenvalue weighted by molar-refractivity contribution is 7.96. The van der Waals surface area contributed by atoms with Crippen molar-refractivity contribution in [3.63, 3.8) is 0 Å². The van der Waals surface area contributed by atoms with Gasteiger partial charge >= 0.3 is 0 Å². The van der Waals surface area contributed by atoms with Gasteiger partial charge in [-0.15, -0.1) is 0 Å². The zero-order valence-corrected chi connectivity index (χ0v) is 12.8. The van der Waals surface area contributed by atoms with Gasteiger partial charge in [0.15, 0.2) is 0 Å². The van der Waals surface area contributed by atoms with Crippen LogP contribution in [0, 0.1) is 11.8 Å². The predicted octanol–water partition coefficient (Wildman–Crippen LogP) is 3.31. The lowest BCUT2D eigenvalue weighted by molar-refractivity contribution is 0.125. The molecule has 0 bridgehead atoms. The average Bonchev–Trinajstić information content (AvgIpc) is 2.38. The molecule has 1 aromatic carbocycles. The van der Waals surface area contributed by atoms with E-state index >= 15 is 0 Å². The third-order valence-corrected chi connectivity index (χ3v) is 5.18. The molecule has 1 aromatic rings. The summed E-state index contributed by atoms with van der Waals surface area (Å²) in [6.45, 7) is 5.83. The summed E-state index contributed by atoms with van der Waals surface area (Å²) in [5.41, 5.74) is 0. The van der Waals surface area contributed by atoms with Crippen molar-refractivity contribution in [2.75, 3.05) is 7.05 Å². The molecule has 0 heterocycles. The normalized spacial score (nSPS) is 18.2. The first-order valence-electron chi connectivity index (χ1n) is 6.47. The fourth-order valence-electron chi connectivity index (χ4n) is 2.00. The number of benzene rings is 1. The largest absolute Gasteiger partial charge is 0.393 e. The van der Waals surface area contributed by atoms with Gasteiger partial charge in [0.2, 0.25) is 0 Å². The van der Waals surface area contributed by atoms with Gasteiger partial charge in [-0.1, -0.05) is 38.1 Å². The lowest BCUT2D eigenvalue weighted by atomic mass is 9.91. The van der Waals surface area contributed by atoms with Crippen molar-refractivity contribution in [1.82, 2.24) is 0 Å². The molecule has 0 amide bonds. The van der Waals surface area contributed by atoms with Crippen LogP contribution in [0.1, 0.15) is 20.8 Å². The van der Waals surface area contributed by atoms with Gasteiger partial charge in [0.1, 0.15) is 0 Å². The number of hydrogen-bond acceptors (Lipinski definition) is 3. The van der Waals surface area contributed by atoms with Crippen molar-refractivity contribution in [3.05, 3.63) is 41.8 Å². The molecule has 3 atom stereocenters. The highest BCUT2D eigenvalue weighted by atomic mass is 32.2. The molecule has 0 radical (unpaired) electrons. The van der Waals surface area contributed by atoms with E-state index in [-0.39, 0.29) is 11.8 Å². The maximum Gasteiger partial charge on any atom is 0.0963 e. The first kappa shape index (κ1) is 15.9. The minimum atomic E-state index is -2.53. The zero-order chi connectivity index (χ0) is 14.5. The van der Waals surface area contributed by atoms with E-state index in [1.165, 1.54) is 0 Å². The molecule has 1 N–H and O–H groups in total. The molecule has 0 spiro atoms. The highest BCUT2D eigenvalue weighted by Gasteiger charge is 2.17. The first-order valence-corrected chi connectivity index (χ1v) is 8.05. The molecular formula is C15H23NO2S. The van der Waals surface area contributed by atoms with Gasteiger partial charge in [0, 0.05) is 18.4 Å². The van der Waals surface area contributed by atoms with E-state index in [1.54, 1.807) is 19.4 Å². The van der Waals surface area contributed by atoms with E-state index in [2.05, 4.69) is 4.36 Å². The van der Waals surface area contributed by atoms with Gasteiger partial charge in [-0.3, -0.25) is 0 Å². The molecule has 0 saturated heterocycles. The summed E-state index contributed by atoms with van der Waals surface area (Å²) in [6.07, 6.45) is 1.37. The van der Waals surface area contributed by atoms with E-state index in [1.807, 2.05) is 50.3 Å². The summed E-state index contributed by atoms with van der Waals surface area (Å²) >= 11 is 0. The Morgan fingerprint density at radius 3 is 2.21 bits per heavy atom. The van der Waals surface area contributed by atoms with Gasteiger partial charge in [-0.2, -0.15) is 0 Å². The van der Waals surface area contributed by atoms with Crippen LogP contribution >= 0.6 is 0 Å². The van der Waals surface area contributed by atoms with Gasteiger partial charge in [-0.05, 0) is 25.0 Å². The molecular weight excluding hydrogens is 258 g/mol. The van der Waals surface area contributed by atoms with Crippen molar-refractivity contribution in [2.24, 2.45) is 16.2 Å². The van der Waals surface area contributed by atoms with Crippen LogP contribution in [0.3, 0.4) is 0 Å². The Labute approximate surface area is 116 Å². The number of aliphatic hydroxyl groups is 1. The lowest BCUT2D eigenvalue weighted by Gasteiger charge is -2.20. The van der Waals surface area contributed by atoms with E-state index in [0.29, 0.717) is 4.90 Å². The van der Waals surface area contributed by atoms with E-state index in [0.717, 1.165) is 0 Å². The van der Waals surface area contributed by atoms with Crippen LogP contribution in [0.2, 0.25) is 0 Å². The second-order valence-electron chi connectivity index (χ2n) is 4.95. The van der Waals surface area contributed by atoms with Crippen LogP contribution in [-0.2, 0) is 9.73 Å². The minimum Gasteiger partial charge on any atom is -0.393 e. The van der Waals surface area contributed by atoms with Crippen molar-refractivity contribution in [3.8, 4) is 0 Å². The van der Waals surface area contributed by atoms with Gasteiger partial charge in [0.25, 0.3) is 0 Å². The summed E-state index contributed by atoms with van der Waals surface area (Å²) in [6, 6.07) is 9.21. The second kappa shape index (κ2) is 6.87. The highest BCUT2D eigenvalue weighted by Crippen LogP contribution is 2.20. The molecule has 1 rings (SSSR count). The topological polar surface area (TPSA) is 49.7 Å². The summed E-state index contributed by atoms with van der Waals surface area (Å²) < 4.78 is 16.8. The smallest absolute Gasteiger partial charge is 0.0963 e. The SMILES string of the molecule is CN=S(=O)(/C=C\[C@@H](C(C)C)[C@H](C)O)c1ccccc1. The number of rotatable bonds is 5. The number of nitrogens with zero attached hydrogens (tertiary/aromatic N) is 1. The summed E-state index contributed by atoms with van der Waals surface area (Å²) in [5, 5.41) is 11.4. The molecule has 4 heteroatoms. The summed E-state index contributed by atoms with van der Waals surface area (Å²) in [7, 11) is -0.972. The van der Waals surface area contributed by atoms with Crippen LogP contribution in [0.25, 0.3) is 0 Å². The second-order valence-corrected chi connectivity index (χ2v) is 7.20. The van der Waals surface area contributed by atoms with E-state index in [9.17, 15) is 9.32 Å². The predicted molar refractivity (Wildman–Crippen MR) is 80.4 cm³/mol. The Bertz CT molecular complexity index is 518. The van der Waals surface area contributed by atoms with Crippen molar-refractivity contribution < 1.29 is 9.32 Å². The van der Waals surface area contributed by atoms with Gasteiger partial charge in [0.05, 0.1) is 20.7 Å². The fraction of sp³-hybridized carbons (Fsp3) is 0.467. The Kier molecular flexibility index (Phi) is 5.76. The molecule has 0 aliphatic rings. The zero-order valence-electron chi connectivity index (χ0n) is 12.0. The van der Waals surface area contributed by atoms with Crippen LogP contribution in [0.4, 0.5) is 0 Å². The monoisotopic (exact) mass is 281 g/mol. The molecule has 3 nitrogen and oxygen atoms in total. The Balaban J connectivity index is 3.10. The summed E-state index contributed by atoms with van der Waals surface area (Å²) in [5.74, 6) is 0.263. The maximum absolute atomic E-state index is 12.8. The first-order chi connectivity index (χ1) is 8.90. The van der Waals surface area contributed by atoms with Crippen LogP contribution in [0.15, 0.2) is 51.1 Å².